The summed E-state index contributed by atoms with van der Waals surface area (Å²) >= 11 is 0. The zero-order valence-corrected chi connectivity index (χ0v) is 5.17. The van der Waals surface area contributed by atoms with Crippen molar-refractivity contribution in [1.82, 2.24) is 5.32 Å². The molecule has 2 aliphatic rings. The van der Waals surface area contributed by atoms with Gasteiger partial charge >= 0.3 is 0 Å². The highest BCUT2D eigenvalue weighted by Crippen LogP contribution is 2.15. The van der Waals surface area contributed by atoms with E-state index in [0.717, 1.165) is 13.1 Å². The molecule has 0 saturated carbocycles. The molecule has 1 fully saturated rings. The van der Waals surface area contributed by atoms with E-state index in [4.69, 9.17) is 0 Å². The number of hydrogen-bond acceptors (Lipinski definition) is 2. The van der Waals surface area contributed by atoms with Crippen LogP contribution in [0, 0.1) is 12.0 Å². The largest absolute Gasteiger partial charge is 0.314 e. The first-order valence-electron chi connectivity index (χ1n) is 3.28. The van der Waals surface area contributed by atoms with Gasteiger partial charge in [-0.3, -0.25) is 4.99 Å². The Hall–Kier alpha value is -0.630. The number of nitrogens with one attached hydrogen (secondary N) is 1. The van der Waals surface area contributed by atoms with Crippen LogP contribution in [-0.4, -0.2) is 25.3 Å². The molecule has 0 spiro atoms. The maximum absolute atomic E-state index is 4.29. The Morgan fingerprint density at radius 1 is 1.56 bits per heavy atom. The Morgan fingerprint density at radius 2 is 2.56 bits per heavy atom. The van der Waals surface area contributed by atoms with Crippen LogP contribution >= 0.6 is 0 Å². The van der Waals surface area contributed by atoms with Crippen LogP contribution in [0.1, 0.15) is 0 Å². The third-order valence-electron chi connectivity index (χ3n) is 1.84. The molecule has 2 heterocycles. The summed E-state index contributed by atoms with van der Waals surface area (Å²) < 4.78 is 0. The fraction of sp³-hybridized carbons (Fsp3) is 0.571. The molecule has 2 rings (SSSR count). The molecule has 2 nitrogen and oxygen atoms in total. The molecule has 2 aliphatic heterocycles. The first-order chi connectivity index (χ1) is 4.47. The van der Waals surface area contributed by atoms with Gasteiger partial charge in [-0.15, -0.1) is 0 Å². The molecule has 0 aromatic heterocycles. The highest BCUT2D eigenvalue weighted by molar-refractivity contribution is 5.71. The van der Waals surface area contributed by atoms with Gasteiger partial charge in [-0.25, -0.2) is 0 Å². The number of nitrogens with zero attached hydrogens (tertiary/aromatic N) is 1. The summed E-state index contributed by atoms with van der Waals surface area (Å²) in [5.41, 5.74) is 0. The molecular weight excluding hydrogens is 112 g/mol. The quantitative estimate of drug-likeness (QED) is 0.480. The van der Waals surface area contributed by atoms with Crippen molar-refractivity contribution in [1.29, 1.82) is 0 Å². The summed E-state index contributed by atoms with van der Waals surface area (Å²) in [4.78, 5) is 4.29. The van der Waals surface area contributed by atoms with Crippen molar-refractivity contribution >= 4 is 6.21 Å². The third kappa shape index (κ3) is 0.793. The third-order valence-corrected chi connectivity index (χ3v) is 1.84. The van der Waals surface area contributed by atoms with Gasteiger partial charge < -0.3 is 5.32 Å². The highest BCUT2D eigenvalue weighted by atomic mass is 15.0. The van der Waals surface area contributed by atoms with E-state index in [0.29, 0.717) is 12.0 Å². The molecule has 1 radical (unpaired) electrons. The summed E-state index contributed by atoms with van der Waals surface area (Å²) in [5.74, 6) is 0.551. The molecule has 0 aromatic carbocycles. The van der Waals surface area contributed by atoms with E-state index < -0.39 is 0 Å². The van der Waals surface area contributed by atoms with Crippen molar-refractivity contribution in [3.05, 3.63) is 12.2 Å². The van der Waals surface area contributed by atoms with E-state index in [1.54, 1.807) is 0 Å². The van der Waals surface area contributed by atoms with E-state index in [-0.39, 0.29) is 0 Å². The maximum atomic E-state index is 4.29. The number of dihydropyridines is 1. The minimum atomic E-state index is 0.481. The van der Waals surface area contributed by atoms with Crippen LogP contribution in [0.4, 0.5) is 0 Å². The average Bonchev–Trinajstić information content (AvgIpc) is 2.33. The second kappa shape index (κ2) is 1.95. The van der Waals surface area contributed by atoms with Crippen molar-refractivity contribution in [2.24, 2.45) is 10.9 Å². The second-order valence-electron chi connectivity index (χ2n) is 2.46. The lowest BCUT2D eigenvalue weighted by Crippen LogP contribution is -2.17. The van der Waals surface area contributed by atoms with E-state index in [1.807, 2.05) is 12.3 Å². The summed E-state index contributed by atoms with van der Waals surface area (Å²) in [6.45, 7) is 2.08. The highest BCUT2D eigenvalue weighted by Gasteiger charge is 2.24. The molecule has 0 aromatic rings. The van der Waals surface area contributed by atoms with E-state index >= 15 is 0 Å². The lowest BCUT2D eigenvalue weighted by atomic mass is 10.0. The van der Waals surface area contributed by atoms with Crippen LogP contribution in [0.2, 0.25) is 0 Å². The molecule has 1 N–H and O–H groups in total. The lowest BCUT2D eigenvalue weighted by molar-refractivity contribution is 0.606. The first-order valence-corrected chi connectivity index (χ1v) is 3.28. The van der Waals surface area contributed by atoms with Crippen LogP contribution < -0.4 is 5.32 Å². The minimum Gasteiger partial charge on any atom is -0.314 e. The average molecular weight is 121 g/mol. The van der Waals surface area contributed by atoms with Gasteiger partial charge in [-0.1, -0.05) is 0 Å². The topological polar surface area (TPSA) is 24.4 Å². The lowest BCUT2D eigenvalue weighted by Gasteiger charge is -2.10. The van der Waals surface area contributed by atoms with Crippen molar-refractivity contribution in [2.75, 3.05) is 13.1 Å². The molecule has 1 saturated heterocycles. The molecule has 2 unspecified atom stereocenters. The van der Waals surface area contributed by atoms with Gasteiger partial charge in [-0.2, -0.15) is 0 Å². The van der Waals surface area contributed by atoms with Gasteiger partial charge in [-0.05, 0) is 12.2 Å². The number of rotatable bonds is 0. The van der Waals surface area contributed by atoms with Crippen molar-refractivity contribution in [3.63, 3.8) is 0 Å². The predicted molar refractivity (Wildman–Crippen MR) is 36.5 cm³/mol. The van der Waals surface area contributed by atoms with Gasteiger partial charge in [0.25, 0.3) is 0 Å². The molecule has 0 bridgehead atoms. The second-order valence-corrected chi connectivity index (χ2v) is 2.46. The molecule has 2 atom stereocenters. The Bertz CT molecular complexity index is 142. The number of hydrogen-bond donors (Lipinski definition) is 1. The Labute approximate surface area is 54.7 Å². The summed E-state index contributed by atoms with van der Waals surface area (Å²) in [6, 6.07) is 0.481. The Balaban J connectivity index is 2.18. The summed E-state index contributed by atoms with van der Waals surface area (Å²) in [7, 11) is 0. The SMILES string of the molecule is [C]1=CC=NC2CNCC12. The number of fused-ring (bicyclic) bond motifs is 1. The predicted octanol–water partition coefficient (Wildman–Crippen LogP) is 0.0182. The number of aliphatic imine (C=N–C) groups is 1. The smallest absolute Gasteiger partial charge is 0.0704 e. The molecule has 47 valence electrons. The fourth-order valence-corrected chi connectivity index (χ4v) is 1.31. The van der Waals surface area contributed by atoms with Crippen molar-refractivity contribution < 1.29 is 0 Å². The summed E-state index contributed by atoms with van der Waals surface area (Å²) in [5, 5.41) is 3.27. The van der Waals surface area contributed by atoms with Gasteiger partial charge in [0.1, 0.15) is 0 Å². The molecular formula is C7H9N2. The van der Waals surface area contributed by atoms with Gasteiger partial charge in [0.2, 0.25) is 0 Å². The van der Waals surface area contributed by atoms with E-state index in [9.17, 15) is 0 Å². The van der Waals surface area contributed by atoms with Crippen molar-refractivity contribution in [2.45, 2.75) is 6.04 Å². The molecule has 2 heteroatoms. The van der Waals surface area contributed by atoms with E-state index in [1.165, 1.54) is 0 Å². The van der Waals surface area contributed by atoms with Gasteiger partial charge in [0.05, 0.1) is 6.04 Å². The van der Waals surface area contributed by atoms with Crippen LogP contribution in [0.3, 0.4) is 0 Å². The normalized spacial score (nSPS) is 39.1. The van der Waals surface area contributed by atoms with Gasteiger partial charge in [0.15, 0.2) is 0 Å². The zero-order chi connectivity index (χ0) is 6.10. The maximum Gasteiger partial charge on any atom is 0.0704 e. The Kier molecular flexibility index (Phi) is 1.12. The van der Waals surface area contributed by atoms with Crippen molar-refractivity contribution in [3.8, 4) is 0 Å². The van der Waals surface area contributed by atoms with E-state index in [2.05, 4.69) is 16.4 Å². The van der Waals surface area contributed by atoms with Gasteiger partial charge in [0, 0.05) is 25.2 Å². The number of allylic oxidation sites excluding steroid dienone is 1. The fourth-order valence-electron chi connectivity index (χ4n) is 1.31. The van der Waals surface area contributed by atoms with Crippen LogP contribution in [-0.2, 0) is 0 Å². The first kappa shape index (κ1) is 5.18. The molecule has 0 amide bonds. The van der Waals surface area contributed by atoms with Crippen LogP contribution in [0.25, 0.3) is 0 Å². The minimum absolute atomic E-state index is 0.481. The zero-order valence-electron chi connectivity index (χ0n) is 5.17. The monoisotopic (exact) mass is 121 g/mol. The Morgan fingerprint density at radius 3 is 3.44 bits per heavy atom. The van der Waals surface area contributed by atoms with Crippen LogP contribution in [0.15, 0.2) is 11.1 Å². The standard InChI is InChI=1S/C7H9N2/c1-2-6-4-8-5-7(6)9-3-1/h1,3,6-8H,4-5H2. The van der Waals surface area contributed by atoms with Crippen LogP contribution in [0.5, 0.6) is 0 Å². The molecule has 9 heavy (non-hydrogen) atoms. The summed E-state index contributed by atoms with van der Waals surface area (Å²) in [6.07, 6.45) is 7.00. The molecule has 0 aliphatic carbocycles.